The summed E-state index contributed by atoms with van der Waals surface area (Å²) in [4.78, 5) is 37.0. The quantitative estimate of drug-likeness (QED) is 0.0198. The van der Waals surface area contributed by atoms with E-state index in [0.29, 0.717) is 12.8 Å². The van der Waals surface area contributed by atoms with Crippen LogP contribution >= 0.6 is 0 Å². The lowest BCUT2D eigenvalue weighted by Crippen LogP contribution is -2.55. The molecular formula is C53H93NO7. The number of carboxylic acid groups (broad SMARTS) is 1. The molecule has 0 fully saturated rings. The summed E-state index contributed by atoms with van der Waals surface area (Å²) in [5.41, 5.74) is 0. The van der Waals surface area contributed by atoms with Crippen molar-refractivity contribution < 1.29 is 38.2 Å². The van der Waals surface area contributed by atoms with Gasteiger partial charge in [-0.3, -0.25) is 9.59 Å². The van der Waals surface area contributed by atoms with Crippen molar-refractivity contribution in [2.75, 3.05) is 41.0 Å². The lowest BCUT2D eigenvalue weighted by atomic mass is 10.1. The standard InChI is InChI=1S/C53H93NO7/c1-6-8-10-12-14-16-18-20-22-24-25-26-28-30-32-34-36-38-40-42-44-52(56)61-49(47-59-46-45-50(53(57)58)54(3,4)5)48-60-51(55)43-41-39-37-35-33-31-29-27-23-21-19-17-15-13-11-9-7-2/h16,18,20-23,29,31,35,37,49-50H,6-15,17,19,24-28,30,32-34,36,38-48H2,1-5H3/b18-16+,22-20+,23-21+,31-29+,37-35+. The Bertz CT molecular complexity index is 1180. The van der Waals surface area contributed by atoms with E-state index in [0.717, 1.165) is 38.5 Å². The number of aliphatic carboxylic acids is 1. The number of carboxylic acids is 1. The number of carbonyl (C=O) groups is 3. The maximum atomic E-state index is 12.8. The van der Waals surface area contributed by atoms with E-state index in [2.05, 4.69) is 74.6 Å². The minimum absolute atomic E-state index is 0.0222. The van der Waals surface area contributed by atoms with Crippen LogP contribution in [0.15, 0.2) is 60.8 Å². The Morgan fingerprint density at radius 2 is 0.934 bits per heavy atom. The number of quaternary nitrogens is 1. The highest BCUT2D eigenvalue weighted by molar-refractivity contribution is 5.70. The minimum atomic E-state index is -1.13. The number of likely N-dealkylation sites (N-methyl/N-ethyl adjacent to an activating group) is 1. The molecule has 0 aromatic rings. The molecule has 0 radical (unpaired) electrons. The number of unbranched alkanes of at least 4 members (excludes halogenated alkanes) is 21. The van der Waals surface area contributed by atoms with E-state index >= 15 is 0 Å². The average Bonchev–Trinajstić information content (AvgIpc) is 3.22. The van der Waals surface area contributed by atoms with Crippen LogP contribution in [0.25, 0.3) is 0 Å². The van der Waals surface area contributed by atoms with Gasteiger partial charge in [0.15, 0.2) is 6.10 Å². The summed E-state index contributed by atoms with van der Waals surface area (Å²) in [5.74, 6) is -1.81. The van der Waals surface area contributed by atoms with Gasteiger partial charge in [-0.05, 0) is 70.6 Å². The normalized spacial score (nSPS) is 13.4. The molecule has 0 aromatic carbocycles. The second-order valence-electron chi connectivity index (χ2n) is 17.7. The molecule has 0 aliphatic carbocycles. The zero-order valence-electron chi connectivity index (χ0n) is 40.1. The van der Waals surface area contributed by atoms with Crippen molar-refractivity contribution in [2.45, 2.75) is 219 Å². The Hall–Kier alpha value is -2.97. The summed E-state index contributed by atoms with van der Waals surface area (Å²) in [6.45, 7) is 4.59. The lowest BCUT2D eigenvalue weighted by Gasteiger charge is -2.34. The molecule has 0 heterocycles. The summed E-state index contributed by atoms with van der Waals surface area (Å²) in [5, 5.41) is 11.7. The summed E-state index contributed by atoms with van der Waals surface area (Å²) in [6, 6.07) is -0.736. The topological polar surface area (TPSA) is 102 Å². The number of rotatable bonds is 44. The van der Waals surface area contributed by atoms with Crippen LogP contribution < -0.4 is 5.11 Å². The molecule has 0 aromatic heterocycles. The zero-order chi connectivity index (χ0) is 44.9. The molecular weight excluding hydrogens is 763 g/mol. The fourth-order valence-electron chi connectivity index (χ4n) is 7.02. The van der Waals surface area contributed by atoms with Crippen LogP contribution in [0.1, 0.15) is 206 Å². The van der Waals surface area contributed by atoms with Crippen molar-refractivity contribution in [2.24, 2.45) is 0 Å². The summed E-state index contributed by atoms with van der Waals surface area (Å²) in [7, 11) is 5.40. The predicted molar refractivity (Wildman–Crippen MR) is 254 cm³/mol. The number of hydrogen-bond donors (Lipinski definition) is 0. The number of ether oxygens (including phenoxy) is 3. The van der Waals surface area contributed by atoms with Crippen molar-refractivity contribution in [3.8, 4) is 0 Å². The highest BCUT2D eigenvalue weighted by Crippen LogP contribution is 2.14. The Labute approximate surface area is 375 Å². The molecule has 8 heteroatoms. The largest absolute Gasteiger partial charge is 0.544 e. The third-order valence-electron chi connectivity index (χ3n) is 10.9. The Morgan fingerprint density at radius 1 is 0.508 bits per heavy atom. The molecule has 0 saturated heterocycles. The maximum absolute atomic E-state index is 12.8. The molecule has 0 N–H and O–H groups in total. The lowest BCUT2D eigenvalue weighted by molar-refractivity contribution is -0.889. The van der Waals surface area contributed by atoms with Gasteiger partial charge in [-0.2, -0.15) is 0 Å². The molecule has 2 unspecified atom stereocenters. The van der Waals surface area contributed by atoms with E-state index in [9.17, 15) is 19.5 Å². The van der Waals surface area contributed by atoms with Crippen molar-refractivity contribution in [1.82, 2.24) is 0 Å². The summed E-state index contributed by atoms with van der Waals surface area (Å²) in [6.07, 6.45) is 53.9. The SMILES string of the molecule is CCCCCC/C=C/C=C/CCCCCCCCCCCCC(=O)OC(COCCC(C(=O)[O-])[N+](C)(C)C)COC(=O)CCC/C=C/C/C=C/C/C=C/CCCCCCCC. The van der Waals surface area contributed by atoms with Gasteiger partial charge in [-0.1, -0.05) is 177 Å². The summed E-state index contributed by atoms with van der Waals surface area (Å²) < 4.78 is 17.2. The molecule has 0 spiro atoms. The van der Waals surface area contributed by atoms with Gasteiger partial charge in [0.1, 0.15) is 12.6 Å². The Balaban J connectivity index is 4.35. The van der Waals surface area contributed by atoms with Crippen LogP contribution in [-0.2, 0) is 28.6 Å². The van der Waals surface area contributed by atoms with Crippen LogP contribution in [0, 0.1) is 0 Å². The fraction of sp³-hybridized carbons (Fsp3) is 0.755. The average molecular weight is 856 g/mol. The van der Waals surface area contributed by atoms with E-state index in [1.165, 1.54) is 128 Å². The van der Waals surface area contributed by atoms with Gasteiger partial charge in [-0.25, -0.2) is 0 Å². The highest BCUT2D eigenvalue weighted by Gasteiger charge is 2.25. The molecule has 61 heavy (non-hydrogen) atoms. The molecule has 0 aliphatic heterocycles. The van der Waals surface area contributed by atoms with Gasteiger partial charge in [0.2, 0.25) is 0 Å². The molecule has 0 bridgehead atoms. The molecule has 2 atom stereocenters. The van der Waals surface area contributed by atoms with E-state index in [1.54, 1.807) is 21.1 Å². The maximum Gasteiger partial charge on any atom is 0.306 e. The van der Waals surface area contributed by atoms with Gasteiger partial charge in [0.25, 0.3) is 0 Å². The molecule has 0 amide bonds. The number of carbonyl (C=O) groups excluding carboxylic acids is 3. The monoisotopic (exact) mass is 856 g/mol. The number of nitrogens with zero attached hydrogens (tertiary/aromatic N) is 1. The Kier molecular flexibility index (Phi) is 41.5. The molecule has 0 rings (SSSR count). The minimum Gasteiger partial charge on any atom is -0.544 e. The summed E-state index contributed by atoms with van der Waals surface area (Å²) >= 11 is 0. The van der Waals surface area contributed by atoms with Crippen LogP contribution in [0.3, 0.4) is 0 Å². The second-order valence-corrected chi connectivity index (χ2v) is 17.7. The number of esters is 2. The van der Waals surface area contributed by atoms with Crippen LogP contribution in [0.4, 0.5) is 0 Å². The molecule has 0 aliphatic rings. The van der Waals surface area contributed by atoms with Gasteiger partial charge < -0.3 is 28.6 Å². The van der Waals surface area contributed by atoms with Gasteiger partial charge in [-0.15, -0.1) is 0 Å². The first kappa shape index (κ1) is 58.0. The number of hydrogen-bond acceptors (Lipinski definition) is 7. The van der Waals surface area contributed by atoms with E-state index in [1.807, 2.05) is 0 Å². The van der Waals surface area contributed by atoms with Gasteiger partial charge in [0.05, 0.1) is 40.3 Å². The highest BCUT2D eigenvalue weighted by atomic mass is 16.6. The van der Waals surface area contributed by atoms with Crippen molar-refractivity contribution >= 4 is 17.9 Å². The third kappa shape index (κ3) is 42.1. The zero-order valence-corrected chi connectivity index (χ0v) is 40.1. The van der Waals surface area contributed by atoms with Crippen LogP contribution in [-0.4, -0.2) is 75.5 Å². The molecule has 8 nitrogen and oxygen atoms in total. The molecule has 352 valence electrons. The van der Waals surface area contributed by atoms with E-state index < -0.39 is 18.1 Å². The van der Waals surface area contributed by atoms with Gasteiger partial charge in [0, 0.05) is 19.3 Å². The fourth-order valence-corrected chi connectivity index (χ4v) is 7.02. The van der Waals surface area contributed by atoms with Crippen molar-refractivity contribution in [3.05, 3.63) is 60.8 Å². The predicted octanol–water partition coefficient (Wildman–Crippen LogP) is 12.8. The Morgan fingerprint density at radius 3 is 1.44 bits per heavy atom. The molecule has 0 saturated carbocycles. The van der Waals surface area contributed by atoms with E-state index in [-0.39, 0.29) is 49.1 Å². The first-order chi connectivity index (χ1) is 29.6. The van der Waals surface area contributed by atoms with Gasteiger partial charge >= 0.3 is 11.9 Å². The second kappa shape index (κ2) is 43.7. The van der Waals surface area contributed by atoms with Crippen LogP contribution in [0.5, 0.6) is 0 Å². The van der Waals surface area contributed by atoms with Crippen molar-refractivity contribution in [3.63, 3.8) is 0 Å². The van der Waals surface area contributed by atoms with Crippen molar-refractivity contribution in [1.29, 1.82) is 0 Å². The first-order valence-electron chi connectivity index (χ1n) is 24.8. The van der Waals surface area contributed by atoms with E-state index in [4.69, 9.17) is 14.2 Å². The van der Waals surface area contributed by atoms with Crippen LogP contribution in [0.2, 0.25) is 0 Å². The number of allylic oxidation sites excluding steroid dienone is 10. The smallest absolute Gasteiger partial charge is 0.306 e. The first-order valence-corrected chi connectivity index (χ1v) is 24.8. The third-order valence-corrected chi connectivity index (χ3v) is 10.9.